The Bertz CT molecular complexity index is 761. The van der Waals surface area contributed by atoms with E-state index in [0.717, 1.165) is 16.9 Å². The zero-order valence-corrected chi connectivity index (χ0v) is 15.4. The van der Waals surface area contributed by atoms with Crippen LogP contribution in [0.15, 0.2) is 42.5 Å². The number of benzene rings is 2. The van der Waals surface area contributed by atoms with Gasteiger partial charge >= 0.3 is 0 Å². The molecule has 0 atom stereocenters. The first-order valence-corrected chi connectivity index (χ1v) is 8.00. The van der Waals surface area contributed by atoms with E-state index < -0.39 is 0 Å². The third-order valence-electron chi connectivity index (χ3n) is 3.76. The zero-order valence-electron chi connectivity index (χ0n) is 15.4. The minimum atomic E-state index is -0.218. The van der Waals surface area contributed by atoms with Gasteiger partial charge in [0.15, 0.2) is 11.5 Å². The van der Waals surface area contributed by atoms with E-state index in [1.807, 2.05) is 24.3 Å². The molecule has 0 saturated carbocycles. The molecular weight excluding hydrogens is 334 g/mol. The second-order valence-corrected chi connectivity index (χ2v) is 5.32. The quantitative estimate of drug-likeness (QED) is 0.736. The molecule has 0 fully saturated rings. The van der Waals surface area contributed by atoms with Gasteiger partial charge in [-0.1, -0.05) is 18.2 Å². The molecule has 1 N–H and O–H groups in total. The molecule has 6 heteroatoms. The molecule has 2 aromatic rings. The third kappa shape index (κ3) is 4.69. The summed E-state index contributed by atoms with van der Waals surface area (Å²) in [5.41, 5.74) is 1.66. The van der Waals surface area contributed by atoms with Crippen LogP contribution in [0.1, 0.15) is 11.1 Å². The number of hydrogen-bond acceptors (Lipinski definition) is 5. The highest BCUT2D eigenvalue weighted by atomic mass is 16.5. The smallest absolute Gasteiger partial charge is 0.244 e. The molecule has 0 heterocycles. The molecular formula is C20H23NO5. The molecule has 1 amide bonds. The van der Waals surface area contributed by atoms with Crippen molar-refractivity contribution in [1.82, 2.24) is 5.32 Å². The topological polar surface area (TPSA) is 66.0 Å². The first kappa shape index (κ1) is 19.2. The van der Waals surface area contributed by atoms with Gasteiger partial charge in [0.25, 0.3) is 0 Å². The maximum Gasteiger partial charge on any atom is 0.244 e. The number of amides is 1. The van der Waals surface area contributed by atoms with E-state index in [1.165, 1.54) is 6.08 Å². The molecule has 0 aliphatic rings. The number of hydrogen-bond donors (Lipinski definition) is 1. The van der Waals surface area contributed by atoms with Crippen molar-refractivity contribution in [2.24, 2.45) is 0 Å². The van der Waals surface area contributed by atoms with Crippen LogP contribution >= 0.6 is 0 Å². The van der Waals surface area contributed by atoms with Gasteiger partial charge in [0, 0.05) is 18.2 Å². The second-order valence-electron chi connectivity index (χ2n) is 5.32. The number of rotatable bonds is 8. The fourth-order valence-corrected chi connectivity index (χ4v) is 2.46. The van der Waals surface area contributed by atoms with Gasteiger partial charge in [-0.15, -0.1) is 0 Å². The van der Waals surface area contributed by atoms with Crippen LogP contribution in [0.4, 0.5) is 0 Å². The number of carbonyl (C=O) groups is 1. The van der Waals surface area contributed by atoms with Crippen LogP contribution in [0.25, 0.3) is 6.08 Å². The van der Waals surface area contributed by atoms with Crippen molar-refractivity contribution in [3.8, 4) is 23.0 Å². The SMILES string of the molecule is COc1ccccc1CNC(=O)C=Cc1cc(OC)c(OC)c(OC)c1. The van der Waals surface area contributed by atoms with Gasteiger partial charge in [0.2, 0.25) is 11.7 Å². The molecule has 0 aliphatic heterocycles. The molecule has 0 aromatic heterocycles. The van der Waals surface area contributed by atoms with E-state index in [2.05, 4.69) is 5.32 Å². The summed E-state index contributed by atoms with van der Waals surface area (Å²) in [6.45, 7) is 0.377. The lowest BCUT2D eigenvalue weighted by molar-refractivity contribution is -0.116. The molecule has 0 saturated heterocycles. The third-order valence-corrected chi connectivity index (χ3v) is 3.76. The number of carbonyl (C=O) groups excluding carboxylic acids is 1. The van der Waals surface area contributed by atoms with Crippen molar-refractivity contribution in [1.29, 1.82) is 0 Å². The summed E-state index contributed by atoms with van der Waals surface area (Å²) in [6, 6.07) is 11.1. The molecule has 2 aromatic carbocycles. The highest BCUT2D eigenvalue weighted by Crippen LogP contribution is 2.38. The summed E-state index contributed by atoms with van der Waals surface area (Å²) in [4.78, 5) is 12.1. The average molecular weight is 357 g/mol. The van der Waals surface area contributed by atoms with Crippen LogP contribution < -0.4 is 24.3 Å². The van der Waals surface area contributed by atoms with Crippen molar-refractivity contribution in [2.75, 3.05) is 28.4 Å². The highest BCUT2D eigenvalue weighted by molar-refractivity contribution is 5.91. The Labute approximate surface area is 153 Å². The van der Waals surface area contributed by atoms with Crippen LogP contribution in [0, 0.1) is 0 Å². The Morgan fingerprint density at radius 2 is 1.54 bits per heavy atom. The van der Waals surface area contributed by atoms with E-state index in [9.17, 15) is 4.79 Å². The predicted octanol–water partition coefficient (Wildman–Crippen LogP) is 3.05. The van der Waals surface area contributed by atoms with E-state index in [0.29, 0.717) is 23.8 Å². The summed E-state index contributed by atoms with van der Waals surface area (Å²) in [5.74, 6) is 2.08. The standard InChI is InChI=1S/C20H23NO5/c1-23-16-8-6-5-7-15(16)13-21-19(22)10-9-14-11-17(24-2)20(26-4)18(12-14)25-3/h5-12H,13H2,1-4H3,(H,21,22). The monoisotopic (exact) mass is 357 g/mol. The Morgan fingerprint density at radius 3 is 2.12 bits per heavy atom. The van der Waals surface area contributed by atoms with Crippen LogP contribution in [-0.2, 0) is 11.3 Å². The molecule has 26 heavy (non-hydrogen) atoms. The van der Waals surface area contributed by atoms with Crippen LogP contribution in [0.3, 0.4) is 0 Å². The number of ether oxygens (including phenoxy) is 4. The molecule has 138 valence electrons. The van der Waals surface area contributed by atoms with Crippen LogP contribution in [0.5, 0.6) is 23.0 Å². The summed E-state index contributed by atoms with van der Waals surface area (Å²) < 4.78 is 21.2. The van der Waals surface area contributed by atoms with Crippen molar-refractivity contribution in [2.45, 2.75) is 6.54 Å². The summed E-state index contributed by atoms with van der Waals surface area (Å²) >= 11 is 0. The van der Waals surface area contributed by atoms with E-state index in [4.69, 9.17) is 18.9 Å². The van der Waals surface area contributed by atoms with Crippen molar-refractivity contribution in [3.05, 3.63) is 53.6 Å². The van der Waals surface area contributed by atoms with Gasteiger partial charge in [0.1, 0.15) is 5.75 Å². The largest absolute Gasteiger partial charge is 0.496 e. The molecule has 0 spiro atoms. The Morgan fingerprint density at radius 1 is 0.923 bits per heavy atom. The van der Waals surface area contributed by atoms with Crippen molar-refractivity contribution >= 4 is 12.0 Å². The van der Waals surface area contributed by atoms with Gasteiger partial charge < -0.3 is 24.3 Å². The Hall–Kier alpha value is -3.15. The number of methoxy groups -OCH3 is 4. The Kier molecular flexibility index (Phi) is 6.91. The lowest BCUT2D eigenvalue weighted by atomic mass is 10.1. The van der Waals surface area contributed by atoms with Gasteiger partial charge in [-0.25, -0.2) is 0 Å². The van der Waals surface area contributed by atoms with Crippen LogP contribution in [-0.4, -0.2) is 34.3 Å². The molecule has 0 bridgehead atoms. The number of nitrogens with one attached hydrogen (secondary N) is 1. The molecule has 0 aliphatic carbocycles. The fraction of sp³-hybridized carbons (Fsp3) is 0.250. The zero-order chi connectivity index (χ0) is 18.9. The normalized spacial score (nSPS) is 10.5. The lowest BCUT2D eigenvalue weighted by Gasteiger charge is -2.12. The van der Waals surface area contributed by atoms with Crippen molar-refractivity contribution in [3.63, 3.8) is 0 Å². The summed E-state index contributed by atoms with van der Waals surface area (Å²) in [5, 5.41) is 2.83. The lowest BCUT2D eigenvalue weighted by Crippen LogP contribution is -2.20. The maximum atomic E-state index is 12.1. The molecule has 2 rings (SSSR count). The van der Waals surface area contributed by atoms with Gasteiger partial charge in [-0.2, -0.15) is 0 Å². The van der Waals surface area contributed by atoms with Gasteiger partial charge in [-0.3, -0.25) is 4.79 Å². The minimum absolute atomic E-state index is 0.218. The first-order valence-electron chi connectivity index (χ1n) is 8.00. The minimum Gasteiger partial charge on any atom is -0.496 e. The predicted molar refractivity (Wildman–Crippen MR) is 100.0 cm³/mol. The van der Waals surface area contributed by atoms with Crippen molar-refractivity contribution < 1.29 is 23.7 Å². The maximum absolute atomic E-state index is 12.1. The summed E-state index contributed by atoms with van der Waals surface area (Å²) in [7, 11) is 6.24. The Balaban J connectivity index is 2.08. The van der Waals surface area contributed by atoms with E-state index in [-0.39, 0.29) is 5.91 Å². The van der Waals surface area contributed by atoms with Gasteiger partial charge in [0.05, 0.1) is 28.4 Å². The highest BCUT2D eigenvalue weighted by Gasteiger charge is 2.12. The average Bonchev–Trinajstić information content (AvgIpc) is 2.69. The van der Waals surface area contributed by atoms with Crippen LogP contribution in [0.2, 0.25) is 0 Å². The fourth-order valence-electron chi connectivity index (χ4n) is 2.46. The molecule has 6 nitrogen and oxygen atoms in total. The summed E-state index contributed by atoms with van der Waals surface area (Å²) in [6.07, 6.45) is 3.14. The molecule has 0 unspecified atom stereocenters. The number of para-hydroxylation sites is 1. The molecule has 0 radical (unpaired) electrons. The van der Waals surface area contributed by atoms with Gasteiger partial charge in [-0.05, 0) is 29.8 Å². The second kappa shape index (κ2) is 9.36. The first-order chi connectivity index (χ1) is 12.6. The van der Waals surface area contributed by atoms with E-state index >= 15 is 0 Å². The van der Waals surface area contributed by atoms with E-state index in [1.54, 1.807) is 46.6 Å².